The van der Waals surface area contributed by atoms with Crippen molar-refractivity contribution < 1.29 is 4.79 Å². The summed E-state index contributed by atoms with van der Waals surface area (Å²) in [5.41, 5.74) is 0.340. The highest BCUT2D eigenvalue weighted by Crippen LogP contribution is 2.02. The van der Waals surface area contributed by atoms with Crippen molar-refractivity contribution in [3.05, 3.63) is 17.8 Å². The van der Waals surface area contributed by atoms with Crippen molar-refractivity contribution in [1.29, 1.82) is 0 Å². The van der Waals surface area contributed by atoms with Crippen LogP contribution in [0.2, 0.25) is 0 Å². The first-order valence-corrected chi connectivity index (χ1v) is 6.56. The summed E-state index contributed by atoms with van der Waals surface area (Å²) in [6.45, 7) is 5.67. The van der Waals surface area contributed by atoms with Crippen LogP contribution in [0.3, 0.4) is 0 Å². The lowest BCUT2D eigenvalue weighted by Crippen LogP contribution is -2.39. The Kier molecular flexibility index (Phi) is 6.21. The molecule has 1 aromatic rings. The van der Waals surface area contributed by atoms with Gasteiger partial charge in [0, 0.05) is 19.1 Å². The van der Waals surface area contributed by atoms with Crippen LogP contribution in [-0.2, 0) is 0 Å². The highest BCUT2D eigenvalue weighted by molar-refractivity contribution is 5.92. The van der Waals surface area contributed by atoms with Crippen LogP contribution >= 0.6 is 0 Å². The molecule has 1 unspecified atom stereocenters. The standard InChI is InChI=1S/C13H23N5O/c1-5-8-14-12-7-6-11(16-17-12)13(19)15-10(2)9-18(3)4/h6-7,10H,5,8-9H2,1-4H3,(H,14,17)(H,15,19). The van der Waals surface area contributed by atoms with Crippen LogP contribution in [0.1, 0.15) is 30.8 Å². The molecule has 0 aliphatic rings. The topological polar surface area (TPSA) is 70.2 Å². The predicted molar refractivity (Wildman–Crippen MR) is 76.3 cm³/mol. The molecular weight excluding hydrogens is 242 g/mol. The molecule has 0 aliphatic carbocycles. The van der Waals surface area contributed by atoms with Crippen molar-refractivity contribution in [1.82, 2.24) is 20.4 Å². The summed E-state index contributed by atoms with van der Waals surface area (Å²) in [7, 11) is 3.94. The maximum Gasteiger partial charge on any atom is 0.272 e. The molecule has 0 radical (unpaired) electrons. The summed E-state index contributed by atoms with van der Waals surface area (Å²) < 4.78 is 0. The number of carbonyl (C=O) groups is 1. The fourth-order valence-electron chi connectivity index (χ4n) is 1.69. The molecule has 6 heteroatoms. The summed E-state index contributed by atoms with van der Waals surface area (Å²) in [4.78, 5) is 13.9. The average Bonchev–Trinajstić information content (AvgIpc) is 2.35. The van der Waals surface area contributed by atoms with E-state index >= 15 is 0 Å². The lowest BCUT2D eigenvalue weighted by atomic mass is 10.3. The summed E-state index contributed by atoms with van der Waals surface area (Å²) in [6.07, 6.45) is 1.02. The highest BCUT2D eigenvalue weighted by atomic mass is 16.2. The first-order chi connectivity index (χ1) is 9.02. The van der Waals surface area contributed by atoms with E-state index in [1.165, 1.54) is 0 Å². The van der Waals surface area contributed by atoms with Gasteiger partial charge in [-0.25, -0.2) is 0 Å². The lowest BCUT2D eigenvalue weighted by molar-refractivity contribution is 0.0928. The second kappa shape index (κ2) is 7.68. The fourth-order valence-corrected chi connectivity index (χ4v) is 1.69. The molecule has 19 heavy (non-hydrogen) atoms. The molecule has 2 N–H and O–H groups in total. The molecule has 1 heterocycles. The van der Waals surface area contributed by atoms with E-state index in [9.17, 15) is 4.79 Å². The van der Waals surface area contributed by atoms with E-state index in [1.807, 2.05) is 25.9 Å². The molecule has 106 valence electrons. The van der Waals surface area contributed by atoms with Gasteiger partial charge in [-0.15, -0.1) is 10.2 Å². The van der Waals surface area contributed by atoms with E-state index in [4.69, 9.17) is 0 Å². The Hall–Kier alpha value is -1.69. The van der Waals surface area contributed by atoms with E-state index in [1.54, 1.807) is 12.1 Å². The Balaban J connectivity index is 2.53. The normalized spacial score (nSPS) is 12.3. The number of hydrogen-bond donors (Lipinski definition) is 2. The van der Waals surface area contributed by atoms with Gasteiger partial charge in [-0.1, -0.05) is 6.92 Å². The summed E-state index contributed by atoms with van der Waals surface area (Å²) >= 11 is 0. The molecule has 1 aromatic heterocycles. The number of nitrogens with one attached hydrogen (secondary N) is 2. The van der Waals surface area contributed by atoms with Gasteiger partial charge in [0.25, 0.3) is 5.91 Å². The van der Waals surface area contributed by atoms with Crippen molar-refractivity contribution in [2.24, 2.45) is 0 Å². The third-order valence-corrected chi connectivity index (χ3v) is 2.47. The molecule has 1 rings (SSSR count). The third-order valence-electron chi connectivity index (χ3n) is 2.47. The Morgan fingerprint density at radius 2 is 2.11 bits per heavy atom. The van der Waals surface area contributed by atoms with Gasteiger partial charge in [0.05, 0.1) is 0 Å². The number of nitrogens with zero attached hydrogens (tertiary/aromatic N) is 3. The SMILES string of the molecule is CCCNc1ccc(C(=O)NC(C)CN(C)C)nn1. The monoisotopic (exact) mass is 265 g/mol. The average molecular weight is 265 g/mol. The quantitative estimate of drug-likeness (QED) is 0.769. The maximum absolute atomic E-state index is 11.9. The zero-order chi connectivity index (χ0) is 14.3. The van der Waals surface area contributed by atoms with Crippen LogP contribution in [0.25, 0.3) is 0 Å². The van der Waals surface area contributed by atoms with Crippen LogP contribution in [0.15, 0.2) is 12.1 Å². The minimum Gasteiger partial charge on any atom is -0.369 e. The molecule has 0 aromatic carbocycles. The Morgan fingerprint density at radius 3 is 2.63 bits per heavy atom. The van der Waals surface area contributed by atoms with Gasteiger partial charge in [-0.3, -0.25) is 4.79 Å². The molecule has 0 aliphatic heterocycles. The van der Waals surface area contributed by atoms with E-state index in [-0.39, 0.29) is 11.9 Å². The fraction of sp³-hybridized carbons (Fsp3) is 0.615. The number of amides is 1. The van der Waals surface area contributed by atoms with E-state index in [2.05, 4.69) is 27.8 Å². The molecule has 1 amide bonds. The smallest absolute Gasteiger partial charge is 0.272 e. The van der Waals surface area contributed by atoms with Crippen molar-refractivity contribution in [3.63, 3.8) is 0 Å². The summed E-state index contributed by atoms with van der Waals surface area (Å²) in [5, 5.41) is 13.9. The highest BCUT2D eigenvalue weighted by Gasteiger charge is 2.12. The van der Waals surface area contributed by atoms with Crippen LogP contribution in [0.4, 0.5) is 5.82 Å². The Bertz CT molecular complexity index is 391. The van der Waals surface area contributed by atoms with Gasteiger partial charge >= 0.3 is 0 Å². The van der Waals surface area contributed by atoms with Crippen LogP contribution in [-0.4, -0.2) is 54.2 Å². The van der Waals surface area contributed by atoms with Crippen LogP contribution in [0.5, 0.6) is 0 Å². The first kappa shape index (κ1) is 15.4. The van der Waals surface area contributed by atoms with Crippen molar-refractivity contribution in [2.45, 2.75) is 26.3 Å². The molecule has 0 fully saturated rings. The second-order valence-corrected chi connectivity index (χ2v) is 4.87. The zero-order valence-electron chi connectivity index (χ0n) is 12.1. The van der Waals surface area contributed by atoms with E-state index in [0.29, 0.717) is 11.5 Å². The first-order valence-electron chi connectivity index (χ1n) is 6.56. The zero-order valence-corrected chi connectivity index (χ0v) is 12.1. The molecule has 0 spiro atoms. The predicted octanol–water partition coefficient (Wildman–Crippen LogP) is 0.978. The maximum atomic E-state index is 11.9. The van der Waals surface area contributed by atoms with Gasteiger partial charge in [0.15, 0.2) is 5.69 Å². The van der Waals surface area contributed by atoms with E-state index < -0.39 is 0 Å². The molecule has 0 saturated carbocycles. The van der Waals surface area contributed by atoms with Gasteiger partial charge in [0.1, 0.15) is 5.82 Å². The molecule has 0 saturated heterocycles. The van der Waals surface area contributed by atoms with Gasteiger partial charge < -0.3 is 15.5 Å². The Labute approximate surface area is 114 Å². The Morgan fingerprint density at radius 1 is 1.37 bits per heavy atom. The number of carbonyl (C=O) groups excluding carboxylic acids is 1. The minimum atomic E-state index is -0.191. The molecule has 0 bridgehead atoms. The van der Waals surface area contributed by atoms with Gasteiger partial charge in [-0.05, 0) is 39.6 Å². The number of likely N-dealkylation sites (N-methyl/N-ethyl adjacent to an activating group) is 1. The van der Waals surface area contributed by atoms with Crippen molar-refractivity contribution in [2.75, 3.05) is 32.5 Å². The number of anilines is 1. The largest absolute Gasteiger partial charge is 0.369 e. The van der Waals surface area contributed by atoms with Gasteiger partial charge in [0.2, 0.25) is 0 Å². The second-order valence-electron chi connectivity index (χ2n) is 4.87. The summed E-state index contributed by atoms with van der Waals surface area (Å²) in [6, 6.07) is 3.53. The van der Waals surface area contributed by atoms with Crippen molar-refractivity contribution in [3.8, 4) is 0 Å². The molecular formula is C13H23N5O. The minimum absolute atomic E-state index is 0.0715. The lowest BCUT2D eigenvalue weighted by Gasteiger charge is -2.17. The van der Waals surface area contributed by atoms with Gasteiger partial charge in [-0.2, -0.15) is 0 Å². The van der Waals surface area contributed by atoms with E-state index in [0.717, 1.165) is 19.5 Å². The van der Waals surface area contributed by atoms with Crippen LogP contribution in [0, 0.1) is 0 Å². The number of rotatable bonds is 7. The summed E-state index contributed by atoms with van der Waals surface area (Å²) in [5.74, 6) is 0.503. The van der Waals surface area contributed by atoms with Crippen molar-refractivity contribution >= 4 is 11.7 Å². The third kappa shape index (κ3) is 5.65. The molecule has 1 atom stereocenters. The van der Waals surface area contributed by atoms with Crippen LogP contribution < -0.4 is 10.6 Å². The number of hydrogen-bond acceptors (Lipinski definition) is 5. The molecule has 6 nitrogen and oxygen atoms in total. The number of aromatic nitrogens is 2.